The molecule has 0 unspecified atom stereocenters. The van der Waals surface area contributed by atoms with Gasteiger partial charge in [-0.15, -0.1) is 0 Å². The van der Waals surface area contributed by atoms with Crippen LogP contribution in [0.1, 0.15) is 43.5 Å². The average Bonchev–Trinajstić information content (AvgIpc) is 3.20. The van der Waals surface area contributed by atoms with Gasteiger partial charge < -0.3 is 10.6 Å². The average molecular weight is 291 g/mol. The predicted octanol–water partition coefficient (Wildman–Crippen LogP) is 2.95. The van der Waals surface area contributed by atoms with Crippen LogP contribution < -0.4 is 10.6 Å². The second kappa shape index (κ2) is 6.11. The third-order valence-corrected chi connectivity index (χ3v) is 3.80. The summed E-state index contributed by atoms with van der Waals surface area (Å²) in [5, 5.41) is 16.9. The molecule has 1 aromatic carbocycles. The van der Waals surface area contributed by atoms with Gasteiger partial charge >= 0.3 is 0 Å². The van der Waals surface area contributed by atoms with Gasteiger partial charge in [-0.05, 0) is 36.8 Å². The Morgan fingerprint density at radius 1 is 1.43 bits per heavy atom. The van der Waals surface area contributed by atoms with Gasteiger partial charge in [-0.25, -0.2) is 0 Å². The molecule has 114 valence electrons. The Labute approximate surface area is 124 Å². The largest absolute Gasteiger partial charge is 0.379 e. The van der Waals surface area contributed by atoms with Crippen molar-refractivity contribution in [2.75, 3.05) is 18.4 Å². The first-order valence-electron chi connectivity index (χ1n) is 7.26. The van der Waals surface area contributed by atoms with Crippen LogP contribution in [-0.2, 0) is 0 Å². The molecule has 6 nitrogen and oxygen atoms in total. The SMILES string of the molecule is CCCNc1cc(C(=O)NCC2(C)CC2)ccc1[N+](=O)[O-]. The van der Waals surface area contributed by atoms with E-state index in [-0.39, 0.29) is 17.0 Å². The van der Waals surface area contributed by atoms with E-state index in [2.05, 4.69) is 17.6 Å². The minimum atomic E-state index is -0.440. The summed E-state index contributed by atoms with van der Waals surface area (Å²) in [6.45, 7) is 5.40. The molecular formula is C15H21N3O3. The Morgan fingerprint density at radius 2 is 2.14 bits per heavy atom. The van der Waals surface area contributed by atoms with Crippen LogP contribution in [0.15, 0.2) is 18.2 Å². The molecule has 0 atom stereocenters. The van der Waals surface area contributed by atoms with Gasteiger partial charge in [0.05, 0.1) is 4.92 Å². The smallest absolute Gasteiger partial charge is 0.292 e. The minimum Gasteiger partial charge on any atom is -0.379 e. The van der Waals surface area contributed by atoms with E-state index in [1.54, 1.807) is 6.07 Å². The molecule has 0 radical (unpaired) electrons. The molecule has 1 fully saturated rings. The maximum atomic E-state index is 12.1. The van der Waals surface area contributed by atoms with Crippen LogP contribution in [0.3, 0.4) is 0 Å². The highest BCUT2D eigenvalue weighted by Gasteiger charge is 2.37. The molecule has 1 saturated carbocycles. The molecule has 1 aromatic rings. The van der Waals surface area contributed by atoms with Gasteiger partial charge in [-0.2, -0.15) is 0 Å². The topological polar surface area (TPSA) is 84.3 Å². The van der Waals surface area contributed by atoms with Gasteiger partial charge in [0.25, 0.3) is 11.6 Å². The second-order valence-electron chi connectivity index (χ2n) is 5.91. The van der Waals surface area contributed by atoms with Gasteiger partial charge in [0.15, 0.2) is 0 Å². The highest BCUT2D eigenvalue weighted by molar-refractivity contribution is 5.96. The van der Waals surface area contributed by atoms with E-state index in [0.717, 1.165) is 19.3 Å². The molecule has 2 N–H and O–H groups in total. The number of benzene rings is 1. The summed E-state index contributed by atoms with van der Waals surface area (Å²) in [6.07, 6.45) is 3.12. The molecular weight excluding hydrogens is 270 g/mol. The Bertz CT molecular complexity index is 553. The number of carbonyl (C=O) groups is 1. The lowest BCUT2D eigenvalue weighted by Gasteiger charge is -2.11. The fourth-order valence-electron chi connectivity index (χ4n) is 2.02. The number of nitro groups is 1. The maximum absolute atomic E-state index is 12.1. The van der Waals surface area contributed by atoms with Crippen molar-refractivity contribution in [1.82, 2.24) is 5.32 Å². The van der Waals surface area contributed by atoms with Crippen molar-refractivity contribution in [3.8, 4) is 0 Å². The number of hydrogen-bond acceptors (Lipinski definition) is 4. The van der Waals surface area contributed by atoms with Crippen molar-refractivity contribution in [3.63, 3.8) is 0 Å². The maximum Gasteiger partial charge on any atom is 0.292 e. The summed E-state index contributed by atoms with van der Waals surface area (Å²) in [5.41, 5.74) is 1.07. The lowest BCUT2D eigenvalue weighted by Crippen LogP contribution is -2.29. The van der Waals surface area contributed by atoms with E-state index in [0.29, 0.717) is 24.3 Å². The first-order chi connectivity index (χ1) is 9.95. The van der Waals surface area contributed by atoms with E-state index < -0.39 is 4.92 Å². The minimum absolute atomic E-state index is 0.00541. The molecule has 0 heterocycles. The van der Waals surface area contributed by atoms with Crippen LogP contribution in [0.4, 0.5) is 11.4 Å². The van der Waals surface area contributed by atoms with Crippen molar-refractivity contribution >= 4 is 17.3 Å². The number of rotatable bonds is 7. The van der Waals surface area contributed by atoms with Crippen LogP contribution in [0.2, 0.25) is 0 Å². The van der Waals surface area contributed by atoms with Crippen molar-refractivity contribution < 1.29 is 9.72 Å². The molecule has 0 bridgehead atoms. The zero-order chi connectivity index (χ0) is 15.5. The van der Waals surface area contributed by atoms with Gasteiger partial charge in [0.1, 0.15) is 5.69 Å². The summed E-state index contributed by atoms with van der Waals surface area (Å²) in [4.78, 5) is 22.7. The molecule has 21 heavy (non-hydrogen) atoms. The molecule has 2 rings (SSSR count). The van der Waals surface area contributed by atoms with Crippen molar-refractivity contribution in [1.29, 1.82) is 0 Å². The summed E-state index contributed by atoms with van der Waals surface area (Å²) in [5.74, 6) is -0.183. The van der Waals surface area contributed by atoms with E-state index in [1.165, 1.54) is 12.1 Å². The van der Waals surface area contributed by atoms with E-state index in [4.69, 9.17) is 0 Å². The number of anilines is 1. The van der Waals surface area contributed by atoms with E-state index >= 15 is 0 Å². The summed E-state index contributed by atoms with van der Waals surface area (Å²) < 4.78 is 0. The summed E-state index contributed by atoms with van der Waals surface area (Å²) in [6, 6.07) is 4.43. The standard InChI is InChI=1S/C15H21N3O3/c1-3-8-16-12-9-11(4-5-13(12)18(20)21)14(19)17-10-15(2)6-7-15/h4-5,9,16H,3,6-8,10H2,1-2H3,(H,17,19). The van der Waals surface area contributed by atoms with Gasteiger partial charge in [-0.1, -0.05) is 13.8 Å². The molecule has 0 saturated heterocycles. The molecule has 1 aliphatic rings. The number of nitrogens with zero attached hydrogens (tertiary/aromatic N) is 1. The van der Waals surface area contributed by atoms with Crippen LogP contribution in [0.5, 0.6) is 0 Å². The third kappa shape index (κ3) is 3.93. The summed E-state index contributed by atoms with van der Waals surface area (Å²) >= 11 is 0. The highest BCUT2D eigenvalue weighted by atomic mass is 16.6. The normalized spacial score (nSPS) is 15.3. The Balaban J connectivity index is 2.11. The van der Waals surface area contributed by atoms with Crippen LogP contribution >= 0.6 is 0 Å². The van der Waals surface area contributed by atoms with Gasteiger partial charge in [-0.3, -0.25) is 14.9 Å². The van der Waals surface area contributed by atoms with E-state index in [1.807, 2.05) is 6.92 Å². The van der Waals surface area contributed by atoms with Crippen LogP contribution in [0, 0.1) is 15.5 Å². The lowest BCUT2D eigenvalue weighted by molar-refractivity contribution is -0.384. The van der Waals surface area contributed by atoms with Crippen molar-refractivity contribution in [3.05, 3.63) is 33.9 Å². The number of nitro benzene ring substituents is 1. The lowest BCUT2D eigenvalue weighted by atomic mass is 10.1. The predicted molar refractivity (Wildman–Crippen MR) is 81.6 cm³/mol. The molecule has 0 spiro atoms. The van der Waals surface area contributed by atoms with Crippen LogP contribution in [0.25, 0.3) is 0 Å². The fraction of sp³-hybridized carbons (Fsp3) is 0.533. The molecule has 0 aromatic heterocycles. The molecule has 6 heteroatoms. The third-order valence-electron chi connectivity index (χ3n) is 3.80. The highest BCUT2D eigenvalue weighted by Crippen LogP contribution is 2.44. The quantitative estimate of drug-likeness (QED) is 0.597. The Kier molecular flexibility index (Phi) is 4.45. The first-order valence-corrected chi connectivity index (χ1v) is 7.26. The monoisotopic (exact) mass is 291 g/mol. The van der Waals surface area contributed by atoms with Gasteiger partial charge in [0.2, 0.25) is 0 Å². The number of nitrogens with one attached hydrogen (secondary N) is 2. The fourth-order valence-corrected chi connectivity index (χ4v) is 2.02. The second-order valence-corrected chi connectivity index (χ2v) is 5.91. The first kappa shape index (κ1) is 15.3. The molecule has 1 amide bonds. The van der Waals surface area contributed by atoms with Crippen molar-refractivity contribution in [2.45, 2.75) is 33.1 Å². The zero-order valence-corrected chi connectivity index (χ0v) is 12.4. The number of hydrogen-bond donors (Lipinski definition) is 2. The Morgan fingerprint density at radius 3 is 2.71 bits per heavy atom. The van der Waals surface area contributed by atoms with Gasteiger partial charge in [0, 0.05) is 24.7 Å². The van der Waals surface area contributed by atoms with Crippen molar-refractivity contribution in [2.24, 2.45) is 5.41 Å². The Hall–Kier alpha value is -2.11. The number of amides is 1. The summed E-state index contributed by atoms with van der Waals surface area (Å²) in [7, 11) is 0. The van der Waals surface area contributed by atoms with E-state index in [9.17, 15) is 14.9 Å². The number of carbonyl (C=O) groups excluding carboxylic acids is 1. The molecule has 0 aliphatic heterocycles. The molecule has 1 aliphatic carbocycles. The van der Waals surface area contributed by atoms with Crippen LogP contribution in [-0.4, -0.2) is 23.9 Å². The zero-order valence-electron chi connectivity index (χ0n) is 12.4.